The van der Waals surface area contributed by atoms with Crippen LogP contribution in [0.15, 0.2) is 24.3 Å². The molecule has 0 spiro atoms. The molecule has 1 aromatic carbocycles. The molecule has 1 unspecified atom stereocenters. The Morgan fingerprint density at radius 2 is 1.95 bits per heavy atom. The molecule has 0 radical (unpaired) electrons. The summed E-state index contributed by atoms with van der Waals surface area (Å²) in [4.78, 5) is 0. The zero-order valence-electron chi connectivity index (χ0n) is 12.7. The minimum atomic E-state index is -0.0650. The Hall–Kier alpha value is -0.890. The normalized spacial score (nSPS) is 18.1. The average molecular weight is 277 g/mol. The Balaban J connectivity index is 1.94. The van der Waals surface area contributed by atoms with Gasteiger partial charge in [-0.05, 0) is 37.8 Å². The maximum absolute atomic E-state index is 14.0. The summed E-state index contributed by atoms with van der Waals surface area (Å²) in [7, 11) is 0. The number of halogens is 1. The third-order valence-corrected chi connectivity index (χ3v) is 4.51. The lowest BCUT2D eigenvalue weighted by atomic mass is 9.84. The second kappa shape index (κ2) is 8.41. The summed E-state index contributed by atoms with van der Waals surface area (Å²) >= 11 is 0. The highest BCUT2D eigenvalue weighted by Crippen LogP contribution is 2.31. The van der Waals surface area contributed by atoms with Gasteiger partial charge in [0.2, 0.25) is 0 Å². The van der Waals surface area contributed by atoms with Crippen molar-refractivity contribution in [2.45, 2.75) is 64.3 Å². The van der Waals surface area contributed by atoms with Crippen molar-refractivity contribution in [3.8, 4) is 0 Å². The van der Waals surface area contributed by atoms with E-state index in [9.17, 15) is 4.39 Å². The minimum Gasteiger partial charge on any atom is -0.310 e. The van der Waals surface area contributed by atoms with Crippen molar-refractivity contribution in [1.29, 1.82) is 0 Å². The van der Waals surface area contributed by atoms with Crippen molar-refractivity contribution in [2.24, 2.45) is 5.92 Å². The molecule has 1 atom stereocenters. The molecule has 1 fully saturated rings. The van der Waals surface area contributed by atoms with E-state index in [-0.39, 0.29) is 11.9 Å². The number of rotatable bonds is 7. The van der Waals surface area contributed by atoms with E-state index in [1.165, 1.54) is 38.5 Å². The lowest BCUT2D eigenvalue weighted by Crippen LogP contribution is -2.24. The van der Waals surface area contributed by atoms with Gasteiger partial charge in [0.15, 0.2) is 0 Å². The van der Waals surface area contributed by atoms with Crippen molar-refractivity contribution in [3.63, 3.8) is 0 Å². The predicted molar refractivity (Wildman–Crippen MR) is 83.2 cm³/mol. The first-order chi connectivity index (χ1) is 9.81. The van der Waals surface area contributed by atoms with Crippen LogP contribution >= 0.6 is 0 Å². The quantitative estimate of drug-likeness (QED) is 0.720. The summed E-state index contributed by atoms with van der Waals surface area (Å²) in [5.41, 5.74) is 0.844. The third kappa shape index (κ3) is 4.59. The summed E-state index contributed by atoms with van der Waals surface area (Å²) in [5.74, 6) is 0.797. The van der Waals surface area contributed by atoms with Gasteiger partial charge in [0.1, 0.15) is 5.82 Å². The lowest BCUT2D eigenvalue weighted by molar-refractivity contribution is 0.312. The van der Waals surface area contributed by atoms with Crippen LogP contribution in [-0.2, 0) is 0 Å². The van der Waals surface area contributed by atoms with Crippen LogP contribution in [0.3, 0.4) is 0 Å². The van der Waals surface area contributed by atoms with Gasteiger partial charge in [-0.1, -0.05) is 57.2 Å². The molecule has 0 aliphatic heterocycles. The molecule has 112 valence electrons. The Morgan fingerprint density at radius 3 is 2.65 bits per heavy atom. The van der Waals surface area contributed by atoms with Crippen LogP contribution in [0.4, 0.5) is 4.39 Å². The fourth-order valence-electron chi connectivity index (χ4n) is 3.32. The number of hydrogen-bond donors (Lipinski definition) is 1. The van der Waals surface area contributed by atoms with Crippen LogP contribution < -0.4 is 5.32 Å². The van der Waals surface area contributed by atoms with Crippen LogP contribution in [0.2, 0.25) is 0 Å². The molecule has 1 aliphatic rings. The SMILES string of the molecule is CCCNC(CCC1CCCCC1)c1ccccc1F. The van der Waals surface area contributed by atoms with Crippen LogP contribution in [0.1, 0.15) is 69.9 Å². The number of nitrogens with one attached hydrogen (secondary N) is 1. The molecule has 1 N–H and O–H groups in total. The minimum absolute atomic E-state index is 0.0650. The molecule has 0 amide bonds. The smallest absolute Gasteiger partial charge is 0.127 e. The van der Waals surface area contributed by atoms with Crippen molar-refractivity contribution >= 4 is 0 Å². The maximum Gasteiger partial charge on any atom is 0.127 e. The van der Waals surface area contributed by atoms with Crippen LogP contribution in [0, 0.1) is 11.7 Å². The van der Waals surface area contributed by atoms with E-state index >= 15 is 0 Å². The van der Waals surface area contributed by atoms with E-state index in [4.69, 9.17) is 0 Å². The zero-order valence-corrected chi connectivity index (χ0v) is 12.7. The van der Waals surface area contributed by atoms with Crippen molar-refractivity contribution in [3.05, 3.63) is 35.6 Å². The Morgan fingerprint density at radius 1 is 1.20 bits per heavy atom. The van der Waals surface area contributed by atoms with Gasteiger partial charge in [0.25, 0.3) is 0 Å². The van der Waals surface area contributed by atoms with Gasteiger partial charge in [0, 0.05) is 11.6 Å². The van der Waals surface area contributed by atoms with Gasteiger partial charge in [-0.2, -0.15) is 0 Å². The second-order valence-electron chi connectivity index (χ2n) is 6.11. The highest BCUT2D eigenvalue weighted by atomic mass is 19.1. The summed E-state index contributed by atoms with van der Waals surface area (Å²) in [5, 5.41) is 3.53. The number of benzene rings is 1. The second-order valence-corrected chi connectivity index (χ2v) is 6.11. The first kappa shape index (κ1) is 15.5. The highest BCUT2D eigenvalue weighted by Gasteiger charge is 2.18. The molecule has 1 aliphatic carbocycles. The summed E-state index contributed by atoms with van der Waals surface area (Å²) in [6.45, 7) is 3.12. The number of hydrogen-bond acceptors (Lipinski definition) is 1. The van der Waals surface area contributed by atoms with Gasteiger partial charge in [-0.25, -0.2) is 4.39 Å². The van der Waals surface area contributed by atoms with E-state index in [0.29, 0.717) is 0 Å². The van der Waals surface area contributed by atoms with Crippen molar-refractivity contribution in [1.82, 2.24) is 5.32 Å². The Kier molecular flexibility index (Phi) is 6.52. The first-order valence-corrected chi connectivity index (χ1v) is 8.29. The van der Waals surface area contributed by atoms with Crippen molar-refractivity contribution in [2.75, 3.05) is 6.54 Å². The first-order valence-electron chi connectivity index (χ1n) is 8.29. The van der Waals surface area contributed by atoms with Gasteiger partial charge in [0.05, 0.1) is 0 Å². The van der Waals surface area contributed by atoms with Crippen molar-refractivity contribution < 1.29 is 4.39 Å². The van der Waals surface area contributed by atoms with Gasteiger partial charge >= 0.3 is 0 Å². The molecule has 0 bridgehead atoms. The molecule has 0 aromatic heterocycles. The Labute approximate surface area is 123 Å². The van der Waals surface area contributed by atoms with Gasteiger partial charge in [-0.3, -0.25) is 0 Å². The Bertz CT molecular complexity index is 385. The molecule has 2 rings (SSSR count). The topological polar surface area (TPSA) is 12.0 Å². The molecule has 20 heavy (non-hydrogen) atoms. The van der Waals surface area contributed by atoms with E-state index in [2.05, 4.69) is 12.2 Å². The summed E-state index contributed by atoms with van der Waals surface area (Å²) in [6.07, 6.45) is 10.3. The summed E-state index contributed by atoms with van der Waals surface area (Å²) in [6, 6.07) is 7.41. The van der Waals surface area contributed by atoms with Crippen LogP contribution in [-0.4, -0.2) is 6.54 Å². The average Bonchev–Trinajstić information content (AvgIpc) is 2.49. The van der Waals surface area contributed by atoms with Crippen LogP contribution in [0.25, 0.3) is 0 Å². The zero-order chi connectivity index (χ0) is 14.2. The lowest BCUT2D eigenvalue weighted by Gasteiger charge is -2.25. The van der Waals surface area contributed by atoms with Crippen LogP contribution in [0.5, 0.6) is 0 Å². The molecule has 0 saturated heterocycles. The van der Waals surface area contributed by atoms with E-state index in [1.54, 1.807) is 12.1 Å². The molecule has 1 aromatic rings. The largest absolute Gasteiger partial charge is 0.310 e. The highest BCUT2D eigenvalue weighted by molar-refractivity contribution is 5.21. The molecule has 1 saturated carbocycles. The van der Waals surface area contributed by atoms with Gasteiger partial charge < -0.3 is 5.32 Å². The fourth-order valence-corrected chi connectivity index (χ4v) is 3.32. The predicted octanol–water partition coefficient (Wildman–Crippen LogP) is 5.23. The van der Waals surface area contributed by atoms with Gasteiger partial charge in [-0.15, -0.1) is 0 Å². The standard InChI is InChI=1S/C18H28FN/c1-2-14-20-18(16-10-6-7-11-17(16)19)13-12-15-8-4-3-5-9-15/h6-7,10-11,15,18,20H,2-5,8-9,12-14H2,1H3. The summed E-state index contributed by atoms with van der Waals surface area (Å²) < 4.78 is 14.0. The molecule has 1 nitrogen and oxygen atoms in total. The molecule has 0 heterocycles. The molecular weight excluding hydrogens is 249 g/mol. The fraction of sp³-hybridized carbons (Fsp3) is 0.667. The molecule has 2 heteroatoms. The monoisotopic (exact) mass is 277 g/mol. The van der Waals surface area contributed by atoms with E-state index < -0.39 is 0 Å². The van der Waals surface area contributed by atoms with E-state index in [1.807, 2.05) is 12.1 Å². The molecular formula is C18H28FN. The maximum atomic E-state index is 14.0. The third-order valence-electron chi connectivity index (χ3n) is 4.51. The van der Waals surface area contributed by atoms with E-state index in [0.717, 1.165) is 30.9 Å².